The third kappa shape index (κ3) is 4.89. The molecule has 56 heavy (non-hydrogen) atoms. The summed E-state index contributed by atoms with van der Waals surface area (Å²) in [5, 5.41) is 2.31. The maximum absolute atomic E-state index is 6.43. The van der Waals surface area contributed by atoms with E-state index in [0.717, 1.165) is 56.0 Å². The van der Waals surface area contributed by atoms with Gasteiger partial charge in [0.25, 0.3) is 0 Å². The van der Waals surface area contributed by atoms with Gasteiger partial charge in [-0.15, -0.1) is 0 Å². The lowest BCUT2D eigenvalue weighted by Gasteiger charge is -2.32. The third-order valence-electron chi connectivity index (χ3n) is 11.9. The molecule has 2 heteroatoms. The molecule has 2 nitrogen and oxygen atoms in total. The van der Waals surface area contributed by atoms with Gasteiger partial charge in [0.2, 0.25) is 0 Å². The largest absolute Gasteiger partial charge is 0.456 e. The maximum atomic E-state index is 6.43. The van der Waals surface area contributed by atoms with Crippen molar-refractivity contribution in [3.05, 3.63) is 223 Å². The van der Waals surface area contributed by atoms with Gasteiger partial charge in [-0.1, -0.05) is 158 Å². The third-order valence-corrected chi connectivity index (χ3v) is 11.9. The Bertz CT molecular complexity index is 2950. The Kier molecular flexibility index (Phi) is 7.33. The number of nitrogens with zero attached hydrogens (tertiary/aromatic N) is 1. The van der Waals surface area contributed by atoms with Crippen molar-refractivity contribution >= 4 is 27.8 Å². The topological polar surface area (TPSA) is 12.5 Å². The van der Waals surface area contributed by atoms with Crippen LogP contribution in [0.3, 0.4) is 0 Å². The first-order valence-electron chi connectivity index (χ1n) is 19.3. The van der Waals surface area contributed by atoms with Gasteiger partial charge < -0.3 is 9.64 Å². The number of hydrogen-bond acceptors (Lipinski definition) is 2. The van der Waals surface area contributed by atoms with Crippen LogP contribution in [0.5, 0.6) is 11.5 Å². The molecule has 11 rings (SSSR count). The summed E-state index contributed by atoms with van der Waals surface area (Å²) in [5.41, 5.74) is 16.5. The van der Waals surface area contributed by atoms with Gasteiger partial charge in [0.05, 0.1) is 11.4 Å². The molecule has 0 saturated carbocycles. The number of fused-ring (bicyclic) bond motifs is 5. The van der Waals surface area contributed by atoms with Crippen LogP contribution in [0.25, 0.3) is 55.3 Å². The van der Waals surface area contributed by atoms with Gasteiger partial charge >= 0.3 is 0 Å². The van der Waals surface area contributed by atoms with Crippen molar-refractivity contribution in [2.24, 2.45) is 0 Å². The second-order valence-electron chi connectivity index (χ2n) is 15.0. The first kappa shape index (κ1) is 32.3. The number of anilines is 3. The zero-order chi connectivity index (χ0) is 37.2. The molecule has 0 saturated heterocycles. The second-order valence-corrected chi connectivity index (χ2v) is 15.0. The molecule has 0 aromatic heterocycles. The molecule has 1 aliphatic carbocycles. The fourth-order valence-corrected chi connectivity index (χ4v) is 9.29. The Labute approximate surface area is 327 Å². The van der Waals surface area contributed by atoms with E-state index in [1.54, 1.807) is 0 Å². The van der Waals surface area contributed by atoms with E-state index in [0.29, 0.717) is 0 Å². The van der Waals surface area contributed by atoms with Crippen molar-refractivity contribution in [3.8, 4) is 56.0 Å². The van der Waals surface area contributed by atoms with Gasteiger partial charge in [-0.2, -0.15) is 0 Å². The van der Waals surface area contributed by atoms with Crippen LogP contribution < -0.4 is 9.64 Å². The zero-order valence-electron chi connectivity index (χ0n) is 31.0. The standard InChI is InChI=1S/C54H37NO/c1-54(40-19-6-3-7-20-40)46-24-11-8-23-44(46)53-47(54)25-15-27-49(53)55(41-32-30-37(31-33-41)36-16-4-2-5-17-36)48-26-12-9-21-42(48)39-34-38-18-14-29-51-52(38)45(35-39)43-22-10-13-28-50(43)56-51/h2-35H,1H3. The Morgan fingerprint density at radius 2 is 1.02 bits per heavy atom. The van der Waals surface area contributed by atoms with E-state index in [1.807, 2.05) is 6.07 Å². The van der Waals surface area contributed by atoms with Crippen molar-refractivity contribution in [1.82, 2.24) is 0 Å². The van der Waals surface area contributed by atoms with Crippen molar-refractivity contribution in [1.29, 1.82) is 0 Å². The van der Waals surface area contributed by atoms with Gasteiger partial charge in [-0.25, -0.2) is 0 Å². The summed E-state index contributed by atoms with van der Waals surface area (Å²) < 4.78 is 6.43. The molecule has 1 aliphatic heterocycles. The van der Waals surface area contributed by atoms with Crippen LogP contribution in [0.4, 0.5) is 17.1 Å². The summed E-state index contributed by atoms with van der Waals surface area (Å²) >= 11 is 0. The Hall–Kier alpha value is -7.16. The van der Waals surface area contributed by atoms with Crippen molar-refractivity contribution in [2.75, 3.05) is 4.90 Å². The van der Waals surface area contributed by atoms with Gasteiger partial charge in [-0.05, 0) is 105 Å². The minimum absolute atomic E-state index is 0.320. The summed E-state index contributed by atoms with van der Waals surface area (Å²) in [6, 6.07) is 74.8. The molecule has 0 bridgehead atoms. The summed E-state index contributed by atoms with van der Waals surface area (Å²) in [4.78, 5) is 2.49. The number of hydrogen-bond donors (Lipinski definition) is 0. The van der Waals surface area contributed by atoms with E-state index < -0.39 is 0 Å². The minimum atomic E-state index is -0.320. The maximum Gasteiger partial charge on any atom is 0.135 e. The average Bonchev–Trinajstić information content (AvgIpc) is 3.54. The molecule has 1 atom stereocenters. The summed E-state index contributed by atoms with van der Waals surface area (Å²) in [5.74, 6) is 1.79. The van der Waals surface area contributed by atoms with Gasteiger partial charge in [0.15, 0.2) is 0 Å². The van der Waals surface area contributed by atoms with Crippen molar-refractivity contribution in [2.45, 2.75) is 12.3 Å². The van der Waals surface area contributed by atoms with E-state index >= 15 is 0 Å². The normalized spacial score (nSPS) is 14.7. The predicted molar refractivity (Wildman–Crippen MR) is 232 cm³/mol. The van der Waals surface area contributed by atoms with E-state index in [-0.39, 0.29) is 5.41 Å². The highest BCUT2D eigenvalue weighted by Crippen LogP contribution is 2.57. The number of para-hydroxylation sites is 2. The highest BCUT2D eigenvalue weighted by molar-refractivity contribution is 6.08. The number of ether oxygens (including phenoxy) is 1. The highest BCUT2D eigenvalue weighted by atomic mass is 16.5. The minimum Gasteiger partial charge on any atom is -0.456 e. The van der Waals surface area contributed by atoms with Crippen LogP contribution >= 0.6 is 0 Å². The predicted octanol–water partition coefficient (Wildman–Crippen LogP) is 14.8. The second kappa shape index (κ2) is 12.7. The van der Waals surface area contributed by atoms with E-state index in [1.165, 1.54) is 44.5 Å². The fraction of sp³-hybridized carbons (Fsp3) is 0.0370. The average molecular weight is 716 g/mol. The van der Waals surface area contributed by atoms with Crippen LogP contribution in [0.15, 0.2) is 206 Å². The number of rotatable bonds is 6. The summed E-state index contributed by atoms with van der Waals surface area (Å²) in [6.45, 7) is 2.39. The van der Waals surface area contributed by atoms with Crippen LogP contribution in [-0.2, 0) is 5.41 Å². The van der Waals surface area contributed by atoms with E-state index in [9.17, 15) is 0 Å². The first-order chi connectivity index (χ1) is 27.7. The SMILES string of the molecule is CC1(c2ccccc2)c2ccccc2-c2c(N(c3ccc(-c4ccccc4)cc3)c3ccccc3-c3cc4c5c(cccc5c3)Oc3ccccc3-4)cccc21. The highest BCUT2D eigenvalue weighted by Gasteiger charge is 2.42. The van der Waals surface area contributed by atoms with Crippen LogP contribution in [-0.4, -0.2) is 0 Å². The first-order valence-corrected chi connectivity index (χ1v) is 19.3. The zero-order valence-corrected chi connectivity index (χ0v) is 31.0. The molecule has 264 valence electrons. The Balaban J connectivity index is 1.17. The molecular formula is C54H37NO. The molecule has 9 aromatic carbocycles. The molecule has 9 aromatic rings. The summed E-state index contributed by atoms with van der Waals surface area (Å²) in [7, 11) is 0. The Morgan fingerprint density at radius 3 is 1.84 bits per heavy atom. The molecular weight excluding hydrogens is 679 g/mol. The van der Waals surface area contributed by atoms with Crippen molar-refractivity contribution < 1.29 is 4.74 Å². The van der Waals surface area contributed by atoms with E-state index in [4.69, 9.17) is 4.74 Å². The van der Waals surface area contributed by atoms with Gasteiger partial charge in [-0.3, -0.25) is 0 Å². The van der Waals surface area contributed by atoms with Gasteiger partial charge in [0.1, 0.15) is 11.5 Å². The van der Waals surface area contributed by atoms with Gasteiger partial charge in [0, 0.05) is 33.2 Å². The van der Waals surface area contributed by atoms with Crippen molar-refractivity contribution in [3.63, 3.8) is 0 Å². The molecule has 0 amide bonds. The van der Waals surface area contributed by atoms with Crippen LogP contribution in [0.1, 0.15) is 23.6 Å². The smallest absolute Gasteiger partial charge is 0.135 e. The van der Waals surface area contributed by atoms with Crippen LogP contribution in [0.2, 0.25) is 0 Å². The quantitative estimate of drug-likeness (QED) is 0.170. The lowest BCUT2D eigenvalue weighted by Crippen LogP contribution is -2.22. The molecule has 0 spiro atoms. The van der Waals surface area contributed by atoms with E-state index in [2.05, 4.69) is 212 Å². The monoisotopic (exact) mass is 715 g/mol. The molecule has 1 heterocycles. The molecule has 0 N–H and O–H groups in total. The summed E-state index contributed by atoms with van der Waals surface area (Å²) in [6.07, 6.45) is 0. The lowest BCUT2D eigenvalue weighted by molar-refractivity contribution is 0.487. The lowest BCUT2D eigenvalue weighted by atomic mass is 9.74. The molecule has 0 radical (unpaired) electrons. The van der Waals surface area contributed by atoms with Crippen LogP contribution in [0, 0.1) is 0 Å². The molecule has 1 unspecified atom stereocenters. The Morgan fingerprint density at radius 1 is 0.411 bits per heavy atom. The number of benzene rings is 9. The fourth-order valence-electron chi connectivity index (χ4n) is 9.29. The molecule has 2 aliphatic rings. The molecule has 0 fully saturated rings.